The van der Waals surface area contributed by atoms with Crippen LogP contribution in [0.1, 0.15) is 35.7 Å². The molecule has 1 rings (SSSR count). The Balaban J connectivity index is 3.04. The van der Waals surface area contributed by atoms with Crippen molar-refractivity contribution in [3.63, 3.8) is 0 Å². The zero-order valence-corrected chi connectivity index (χ0v) is 11.1. The van der Waals surface area contributed by atoms with E-state index in [4.69, 9.17) is 9.84 Å². The minimum absolute atomic E-state index is 0.150. The molecule has 7 heteroatoms. The van der Waals surface area contributed by atoms with Crippen LogP contribution in [-0.4, -0.2) is 17.0 Å². The molecule has 0 spiro atoms. The Morgan fingerprint density at radius 2 is 1.95 bits per heavy atom. The molecule has 0 radical (unpaired) electrons. The molecule has 21 heavy (non-hydrogen) atoms. The van der Waals surface area contributed by atoms with Crippen LogP contribution in [0.15, 0.2) is 30.4 Å². The molecule has 1 N–H and O–H groups in total. The monoisotopic (exact) mass is 302 g/mol. The molecule has 0 aliphatic carbocycles. The Morgan fingerprint density at radius 1 is 1.29 bits per heavy atom. The molecule has 0 fully saturated rings. The number of allylic oxidation sites excluding steroid dienone is 1. The van der Waals surface area contributed by atoms with Crippen molar-refractivity contribution >= 4 is 11.9 Å². The fraction of sp³-hybridized carbons (Fsp3) is 0.286. The number of hydrogen-bond donors (Lipinski definition) is 1. The number of aromatic carboxylic acids is 1. The second-order valence-electron chi connectivity index (χ2n) is 4.07. The Hall–Kier alpha value is -2.31. The zero-order valence-electron chi connectivity index (χ0n) is 11.1. The summed E-state index contributed by atoms with van der Waals surface area (Å²) in [5.41, 5.74) is -1.59. The van der Waals surface area contributed by atoms with Gasteiger partial charge in [-0.3, -0.25) is 4.79 Å². The van der Waals surface area contributed by atoms with Gasteiger partial charge in [-0.2, -0.15) is 13.2 Å². The van der Waals surface area contributed by atoms with Gasteiger partial charge in [0.25, 0.3) is 0 Å². The van der Waals surface area contributed by atoms with Crippen molar-refractivity contribution in [3.05, 3.63) is 41.5 Å². The molecule has 0 bridgehead atoms. The van der Waals surface area contributed by atoms with Crippen molar-refractivity contribution in [2.45, 2.75) is 25.9 Å². The van der Waals surface area contributed by atoms with E-state index in [9.17, 15) is 22.8 Å². The number of ether oxygens (including phenoxy) is 1. The van der Waals surface area contributed by atoms with Crippen LogP contribution < -0.4 is 4.74 Å². The van der Waals surface area contributed by atoms with E-state index in [-0.39, 0.29) is 6.42 Å². The maximum atomic E-state index is 12.6. The third kappa shape index (κ3) is 4.94. The lowest BCUT2D eigenvalue weighted by Gasteiger charge is -2.11. The van der Waals surface area contributed by atoms with E-state index in [1.165, 1.54) is 6.08 Å². The molecule has 0 unspecified atom stereocenters. The van der Waals surface area contributed by atoms with Crippen LogP contribution in [0.25, 0.3) is 0 Å². The SMILES string of the molecule is CC/C=C\CC(=O)Oc1cc(C(F)(F)F)ccc1C(=O)O. The topological polar surface area (TPSA) is 63.6 Å². The van der Waals surface area contributed by atoms with Crippen molar-refractivity contribution < 1.29 is 32.6 Å². The molecular formula is C14H13F3O4. The van der Waals surface area contributed by atoms with Crippen molar-refractivity contribution in [2.24, 2.45) is 0 Å². The Morgan fingerprint density at radius 3 is 2.48 bits per heavy atom. The fourth-order valence-electron chi connectivity index (χ4n) is 1.47. The first kappa shape index (κ1) is 16.7. The summed E-state index contributed by atoms with van der Waals surface area (Å²) in [6.07, 6.45) is -0.928. The van der Waals surface area contributed by atoms with Gasteiger partial charge in [-0.25, -0.2) is 4.79 Å². The van der Waals surface area contributed by atoms with Crippen molar-refractivity contribution in [2.75, 3.05) is 0 Å². The Kier molecular flexibility index (Phi) is 5.52. The number of carboxylic acid groups (broad SMARTS) is 1. The molecule has 114 valence electrons. The summed E-state index contributed by atoms with van der Waals surface area (Å²) in [4.78, 5) is 22.4. The third-order valence-electron chi connectivity index (χ3n) is 2.45. The number of rotatable bonds is 5. The highest BCUT2D eigenvalue weighted by molar-refractivity contribution is 5.92. The summed E-state index contributed by atoms with van der Waals surface area (Å²) in [7, 11) is 0. The fourth-order valence-corrected chi connectivity index (χ4v) is 1.47. The highest BCUT2D eigenvalue weighted by atomic mass is 19.4. The number of carbonyl (C=O) groups is 2. The lowest BCUT2D eigenvalue weighted by molar-refractivity contribution is -0.138. The Bertz CT molecular complexity index is 562. The van der Waals surface area contributed by atoms with E-state index in [1.807, 2.05) is 6.92 Å². The lowest BCUT2D eigenvalue weighted by Crippen LogP contribution is -2.12. The molecule has 0 heterocycles. The maximum absolute atomic E-state index is 12.6. The molecule has 0 aliphatic heterocycles. The van der Waals surface area contributed by atoms with Gasteiger partial charge in [-0.05, 0) is 24.6 Å². The van der Waals surface area contributed by atoms with Crippen LogP contribution >= 0.6 is 0 Å². The van der Waals surface area contributed by atoms with Crippen molar-refractivity contribution in [1.29, 1.82) is 0 Å². The molecule has 0 amide bonds. The smallest absolute Gasteiger partial charge is 0.416 e. The highest BCUT2D eigenvalue weighted by Gasteiger charge is 2.32. The van der Waals surface area contributed by atoms with Gasteiger partial charge in [0.2, 0.25) is 0 Å². The van der Waals surface area contributed by atoms with Gasteiger partial charge < -0.3 is 9.84 Å². The molecular weight excluding hydrogens is 289 g/mol. The highest BCUT2D eigenvalue weighted by Crippen LogP contribution is 2.33. The predicted molar refractivity (Wildman–Crippen MR) is 68.1 cm³/mol. The number of hydrogen-bond acceptors (Lipinski definition) is 3. The van der Waals surface area contributed by atoms with Gasteiger partial charge in [0, 0.05) is 0 Å². The molecule has 0 atom stereocenters. The van der Waals surface area contributed by atoms with E-state index < -0.39 is 35.0 Å². The van der Waals surface area contributed by atoms with Gasteiger partial charge in [0.1, 0.15) is 11.3 Å². The largest absolute Gasteiger partial charge is 0.478 e. The van der Waals surface area contributed by atoms with E-state index in [2.05, 4.69) is 0 Å². The lowest BCUT2D eigenvalue weighted by atomic mass is 10.1. The zero-order chi connectivity index (χ0) is 16.0. The molecule has 4 nitrogen and oxygen atoms in total. The normalized spacial score (nSPS) is 11.6. The minimum Gasteiger partial charge on any atom is -0.478 e. The molecule has 1 aromatic carbocycles. The van der Waals surface area contributed by atoms with Crippen molar-refractivity contribution in [1.82, 2.24) is 0 Å². The minimum atomic E-state index is -4.65. The number of halogens is 3. The molecule has 0 saturated heterocycles. The van der Waals surface area contributed by atoms with Gasteiger partial charge >= 0.3 is 18.1 Å². The molecule has 0 saturated carbocycles. The average molecular weight is 302 g/mol. The summed E-state index contributed by atoms with van der Waals surface area (Å²) >= 11 is 0. The van der Waals surface area contributed by atoms with Crippen molar-refractivity contribution in [3.8, 4) is 5.75 Å². The van der Waals surface area contributed by atoms with Crippen LogP contribution in [0.3, 0.4) is 0 Å². The second-order valence-corrected chi connectivity index (χ2v) is 4.07. The predicted octanol–water partition coefficient (Wildman–Crippen LogP) is 3.67. The molecule has 0 aromatic heterocycles. The second kappa shape index (κ2) is 6.92. The van der Waals surface area contributed by atoms with Crippen LogP contribution in [0, 0.1) is 0 Å². The van der Waals surface area contributed by atoms with E-state index in [0.29, 0.717) is 18.6 Å². The van der Waals surface area contributed by atoms with Gasteiger partial charge in [-0.15, -0.1) is 0 Å². The number of carbonyl (C=O) groups excluding carboxylic acids is 1. The van der Waals surface area contributed by atoms with Crippen LogP contribution in [0.4, 0.5) is 13.2 Å². The Labute approximate surface area is 118 Å². The first-order valence-electron chi connectivity index (χ1n) is 6.06. The standard InChI is InChI=1S/C14H13F3O4/c1-2-3-4-5-12(18)21-11-8-9(14(15,16)17)6-7-10(11)13(19)20/h3-4,6-8H,2,5H2,1H3,(H,19,20)/b4-3-. The maximum Gasteiger partial charge on any atom is 0.416 e. The quantitative estimate of drug-likeness (QED) is 0.512. The summed E-state index contributed by atoms with van der Waals surface area (Å²) in [5, 5.41) is 8.90. The number of alkyl halides is 3. The summed E-state index contributed by atoms with van der Waals surface area (Å²) in [5.74, 6) is -2.93. The van der Waals surface area contributed by atoms with E-state index in [0.717, 1.165) is 6.07 Å². The third-order valence-corrected chi connectivity index (χ3v) is 2.45. The van der Waals surface area contributed by atoms with Crippen LogP contribution in [0.5, 0.6) is 5.75 Å². The number of carboxylic acids is 1. The van der Waals surface area contributed by atoms with Crippen LogP contribution in [-0.2, 0) is 11.0 Å². The first-order valence-corrected chi connectivity index (χ1v) is 6.06. The first-order chi connectivity index (χ1) is 9.75. The number of esters is 1. The van der Waals surface area contributed by atoms with E-state index >= 15 is 0 Å². The van der Waals surface area contributed by atoms with Crippen LogP contribution in [0.2, 0.25) is 0 Å². The molecule has 1 aromatic rings. The van der Waals surface area contributed by atoms with Gasteiger partial charge in [-0.1, -0.05) is 19.1 Å². The average Bonchev–Trinajstić information content (AvgIpc) is 2.37. The van der Waals surface area contributed by atoms with E-state index in [1.54, 1.807) is 6.08 Å². The summed E-state index contributed by atoms with van der Waals surface area (Å²) < 4.78 is 42.5. The van der Waals surface area contributed by atoms with Gasteiger partial charge in [0.15, 0.2) is 0 Å². The van der Waals surface area contributed by atoms with Gasteiger partial charge in [0.05, 0.1) is 12.0 Å². The summed E-state index contributed by atoms with van der Waals surface area (Å²) in [6.45, 7) is 1.84. The molecule has 0 aliphatic rings. The number of benzene rings is 1. The summed E-state index contributed by atoms with van der Waals surface area (Å²) in [6, 6.07) is 1.89.